The van der Waals surface area contributed by atoms with Crippen molar-refractivity contribution in [1.29, 1.82) is 0 Å². The summed E-state index contributed by atoms with van der Waals surface area (Å²) in [5.74, 6) is -1.83. The van der Waals surface area contributed by atoms with E-state index in [1.807, 2.05) is 6.92 Å². The van der Waals surface area contributed by atoms with Crippen LogP contribution in [-0.2, 0) is 16.0 Å². The number of amides is 2. The molecule has 1 aromatic carbocycles. The molecule has 0 saturated heterocycles. The number of halogens is 2. The van der Waals surface area contributed by atoms with E-state index in [1.54, 1.807) is 0 Å². The summed E-state index contributed by atoms with van der Waals surface area (Å²) in [5, 5.41) is 16.2. The standard InChI is InChI=1S/C21H32F2N2O3/c1-4-6-7-8-21(28)25-18(5-2)13-20(27)19(24-14(3)26)11-15-9-16(22)12-17(23)10-15/h9-10,12,18-20,27H,4-8,11,13H2,1-3H3,(H,24,26)(H,25,28)/t18?,19-,20-/m0/s1. The van der Waals surface area contributed by atoms with Gasteiger partial charge in [0.05, 0.1) is 12.1 Å². The molecule has 1 aromatic rings. The van der Waals surface area contributed by atoms with Gasteiger partial charge in [0, 0.05) is 25.5 Å². The van der Waals surface area contributed by atoms with Crippen LogP contribution in [0, 0.1) is 11.6 Å². The number of benzene rings is 1. The van der Waals surface area contributed by atoms with Gasteiger partial charge >= 0.3 is 0 Å². The molecule has 3 N–H and O–H groups in total. The predicted octanol–water partition coefficient (Wildman–Crippen LogP) is 3.24. The first-order chi connectivity index (χ1) is 13.2. The van der Waals surface area contributed by atoms with Crippen molar-refractivity contribution >= 4 is 11.8 Å². The van der Waals surface area contributed by atoms with Gasteiger partial charge in [0.25, 0.3) is 0 Å². The molecule has 0 radical (unpaired) electrons. The van der Waals surface area contributed by atoms with E-state index in [1.165, 1.54) is 19.1 Å². The second kappa shape index (κ2) is 12.4. The molecule has 1 unspecified atom stereocenters. The Morgan fingerprint density at radius 1 is 1.07 bits per heavy atom. The normalized spacial score (nSPS) is 14.2. The second-order valence-corrected chi connectivity index (χ2v) is 7.22. The van der Waals surface area contributed by atoms with Crippen molar-refractivity contribution in [2.75, 3.05) is 0 Å². The molecule has 0 aliphatic carbocycles. The van der Waals surface area contributed by atoms with Gasteiger partial charge in [0.2, 0.25) is 11.8 Å². The van der Waals surface area contributed by atoms with Crippen LogP contribution in [0.4, 0.5) is 8.78 Å². The van der Waals surface area contributed by atoms with Crippen LogP contribution in [0.3, 0.4) is 0 Å². The minimum Gasteiger partial charge on any atom is -0.391 e. The second-order valence-electron chi connectivity index (χ2n) is 7.22. The van der Waals surface area contributed by atoms with Gasteiger partial charge in [-0.05, 0) is 43.4 Å². The molecular weight excluding hydrogens is 366 g/mol. The van der Waals surface area contributed by atoms with Gasteiger partial charge in [0.15, 0.2) is 0 Å². The largest absolute Gasteiger partial charge is 0.391 e. The Balaban J connectivity index is 2.74. The highest BCUT2D eigenvalue weighted by molar-refractivity contribution is 5.76. The maximum Gasteiger partial charge on any atom is 0.220 e. The monoisotopic (exact) mass is 398 g/mol. The number of carbonyl (C=O) groups excluding carboxylic acids is 2. The van der Waals surface area contributed by atoms with Crippen LogP contribution >= 0.6 is 0 Å². The SMILES string of the molecule is CCCCCC(=O)NC(CC)C[C@H](O)[C@H](Cc1cc(F)cc(F)c1)NC(C)=O. The highest BCUT2D eigenvalue weighted by atomic mass is 19.1. The fourth-order valence-corrected chi connectivity index (χ4v) is 3.15. The maximum absolute atomic E-state index is 13.4. The summed E-state index contributed by atoms with van der Waals surface area (Å²) < 4.78 is 26.9. The summed E-state index contributed by atoms with van der Waals surface area (Å²) >= 11 is 0. The smallest absolute Gasteiger partial charge is 0.220 e. The average molecular weight is 398 g/mol. The van der Waals surface area contributed by atoms with Gasteiger partial charge in [-0.3, -0.25) is 9.59 Å². The van der Waals surface area contributed by atoms with Crippen LogP contribution in [0.25, 0.3) is 0 Å². The fourth-order valence-electron chi connectivity index (χ4n) is 3.15. The van der Waals surface area contributed by atoms with E-state index in [9.17, 15) is 23.5 Å². The Kier molecular flexibility index (Phi) is 10.7. The molecule has 1 rings (SSSR count). The van der Waals surface area contributed by atoms with Crippen molar-refractivity contribution < 1.29 is 23.5 Å². The van der Waals surface area contributed by atoms with Gasteiger partial charge in [-0.15, -0.1) is 0 Å². The first-order valence-electron chi connectivity index (χ1n) is 9.94. The summed E-state index contributed by atoms with van der Waals surface area (Å²) in [6, 6.07) is 2.16. The average Bonchev–Trinajstić information content (AvgIpc) is 2.59. The minimum atomic E-state index is -0.976. The van der Waals surface area contributed by atoms with E-state index in [0.29, 0.717) is 18.4 Å². The Morgan fingerprint density at radius 2 is 1.71 bits per heavy atom. The van der Waals surface area contributed by atoms with Crippen molar-refractivity contribution in [3.05, 3.63) is 35.4 Å². The lowest BCUT2D eigenvalue weighted by Gasteiger charge is -2.27. The lowest BCUT2D eigenvalue weighted by Crippen LogP contribution is -2.47. The van der Waals surface area contributed by atoms with Crippen molar-refractivity contribution in [2.24, 2.45) is 0 Å². The Labute approximate surface area is 165 Å². The molecule has 0 aliphatic rings. The van der Waals surface area contributed by atoms with E-state index in [2.05, 4.69) is 17.6 Å². The number of aliphatic hydroxyl groups is 1. The molecule has 0 aromatic heterocycles. The van der Waals surface area contributed by atoms with Crippen molar-refractivity contribution in [2.45, 2.75) is 83.9 Å². The summed E-state index contributed by atoms with van der Waals surface area (Å²) in [5.41, 5.74) is 0.340. The zero-order chi connectivity index (χ0) is 21.1. The van der Waals surface area contributed by atoms with Crippen LogP contribution in [0.1, 0.15) is 64.9 Å². The number of hydrogen-bond donors (Lipinski definition) is 3. The quantitative estimate of drug-likeness (QED) is 0.473. The molecule has 0 spiro atoms. The number of hydrogen-bond acceptors (Lipinski definition) is 3. The lowest BCUT2D eigenvalue weighted by molar-refractivity contribution is -0.123. The molecule has 0 heterocycles. The topological polar surface area (TPSA) is 78.4 Å². The van der Waals surface area contributed by atoms with Crippen molar-refractivity contribution in [3.8, 4) is 0 Å². The van der Waals surface area contributed by atoms with Gasteiger partial charge in [-0.25, -0.2) is 8.78 Å². The molecular formula is C21H32F2N2O3. The van der Waals surface area contributed by atoms with Gasteiger partial charge in [-0.2, -0.15) is 0 Å². The van der Waals surface area contributed by atoms with E-state index < -0.39 is 23.8 Å². The van der Waals surface area contributed by atoms with E-state index in [0.717, 1.165) is 25.3 Å². The first-order valence-corrected chi connectivity index (χ1v) is 9.94. The number of carbonyl (C=O) groups is 2. The summed E-state index contributed by atoms with van der Waals surface area (Å²) in [6.07, 6.45) is 3.24. The molecule has 0 fully saturated rings. The minimum absolute atomic E-state index is 0.0595. The fraction of sp³-hybridized carbons (Fsp3) is 0.619. The highest BCUT2D eigenvalue weighted by Gasteiger charge is 2.25. The van der Waals surface area contributed by atoms with E-state index >= 15 is 0 Å². The Hall–Kier alpha value is -2.02. The van der Waals surface area contributed by atoms with Crippen LogP contribution in [-0.4, -0.2) is 35.1 Å². The maximum atomic E-state index is 13.4. The molecule has 3 atom stereocenters. The van der Waals surface area contributed by atoms with Crippen LogP contribution < -0.4 is 10.6 Å². The molecule has 28 heavy (non-hydrogen) atoms. The summed E-state index contributed by atoms with van der Waals surface area (Å²) in [6.45, 7) is 5.29. The van der Waals surface area contributed by atoms with Gasteiger partial charge in [0.1, 0.15) is 11.6 Å². The number of nitrogens with one attached hydrogen (secondary N) is 2. The van der Waals surface area contributed by atoms with E-state index in [4.69, 9.17) is 0 Å². The molecule has 2 amide bonds. The third kappa shape index (κ3) is 9.26. The first kappa shape index (κ1) is 24.0. The number of rotatable bonds is 12. The van der Waals surface area contributed by atoms with Crippen molar-refractivity contribution in [3.63, 3.8) is 0 Å². The van der Waals surface area contributed by atoms with Crippen LogP contribution in [0.5, 0.6) is 0 Å². The van der Waals surface area contributed by atoms with Gasteiger partial charge < -0.3 is 15.7 Å². The third-order valence-electron chi connectivity index (χ3n) is 4.62. The number of aliphatic hydroxyl groups excluding tert-OH is 1. The van der Waals surface area contributed by atoms with E-state index in [-0.39, 0.29) is 30.7 Å². The lowest BCUT2D eigenvalue weighted by atomic mass is 9.95. The highest BCUT2D eigenvalue weighted by Crippen LogP contribution is 2.15. The summed E-state index contributed by atoms with van der Waals surface area (Å²) in [7, 11) is 0. The molecule has 0 bridgehead atoms. The molecule has 0 aliphatic heterocycles. The van der Waals surface area contributed by atoms with Gasteiger partial charge in [-0.1, -0.05) is 26.7 Å². The Bertz CT molecular complexity index is 620. The molecule has 5 nitrogen and oxygen atoms in total. The third-order valence-corrected chi connectivity index (χ3v) is 4.62. The molecule has 158 valence electrons. The predicted molar refractivity (Wildman–Crippen MR) is 105 cm³/mol. The molecule has 0 saturated carbocycles. The van der Waals surface area contributed by atoms with Crippen LogP contribution in [0.15, 0.2) is 18.2 Å². The molecule has 7 heteroatoms. The van der Waals surface area contributed by atoms with Crippen molar-refractivity contribution in [1.82, 2.24) is 10.6 Å². The zero-order valence-electron chi connectivity index (χ0n) is 16.9. The zero-order valence-corrected chi connectivity index (χ0v) is 16.9. The number of unbranched alkanes of at least 4 members (excludes halogenated alkanes) is 2. The van der Waals surface area contributed by atoms with Crippen LogP contribution in [0.2, 0.25) is 0 Å². The summed E-state index contributed by atoms with van der Waals surface area (Å²) in [4.78, 5) is 23.6. The Morgan fingerprint density at radius 3 is 2.25 bits per heavy atom.